The summed E-state index contributed by atoms with van der Waals surface area (Å²) in [6, 6.07) is 13.3. The highest BCUT2D eigenvalue weighted by molar-refractivity contribution is 7.98. The first-order chi connectivity index (χ1) is 11.6. The molecule has 0 aliphatic rings. The van der Waals surface area contributed by atoms with Crippen molar-refractivity contribution in [2.45, 2.75) is 17.4 Å². The van der Waals surface area contributed by atoms with Crippen molar-refractivity contribution in [3.8, 4) is 5.75 Å². The maximum absolute atomic E-state index is 6.01. The van der Waals surface area contributed by atoms with Crippen LogP contribution in [0, 0.1) is 0 Å². The Labute approximate surface area is 154 Å². The predicted octanol–water partition coefficient (Wildman–Crippen LogP) is 5.27. The molecule has 0 spiro atoms. The first-order valence-electron chi connectivity index (χ1n) is 7.16. The van der Waals surface area contributed by atoms with Gasteiger partial charge in [-0.05, 0) is 35.4 Å². The molecular formula is C17H14Cl2N2O2S. The van der Waals surface area contributed by atoms with Crippen molar-refractivity contribution in [3.05, 3.63) is 69.5 Å². The maximum Gasteiger partial charge on any atom is 0.276 e. The molecule has 0 bridgehead atoms. The molecule has 1 heterocycles. The van der Waals surface area contributed by atoms with Crippen LogP contribution in [0.5, 0.6) is 5.75 Å². The van der Waals surface area contributed by atoms with Crippen LogP contribution in [0.15, 0.2) is 52.1 Å². The van der Waals surface area contributed by atoms with Gasteiger partial charge in [-0.2, -0.15) is 0 Å². The van der Waals surface area contributed by atoms with Crippen molar-refractivity contribution in [1.82, 2.24) is 10.2 Å². The standard InChI is InChI=1S/C17H14Cl2N2O2S/c1-22-13-5-2-11(3-6-13)9-16-20-21-17(23-16)24-10-12-4-7-14(18)15(19)8-12/h2-8H,9-10H2,1H3. The second-order valence-electron chi connectivity index (χ2n) is 5.02. The van der Waals surface area contributed by atoms with Crippen LogP contribution in [0.3, 0.4) is 0 Å². The van der Waals surface area contributed by atoms with E-state index in [9.17, 15) is 0 Å². The van der Waals surface area contributed by atoms with Crippen molar-refractivity contribution in [1.29, 1.82) is 0 Å². The van der Waals surface area contributed by atoms with Gasteiger partial charge in [-0.25, -0.2) is 0 Å². The second kappa shape index (κ2) is 7.92. The number of ether oxygens (including phenoxy) is 1. The average Bonchev–Trinajstić information content (AvgIpc) is 3.04. The third-order valence-corrected chi connectivity index (χ3v) is 4.94. The van der Waals surface area contributed by atoms with Crippen LogP contribution >= 0.6 is 35.0 Å². The Morgan fingerprint density at radius 3 is 2.46 bits per heavy atom. The highest BCUT2D eigenvalue weighted by Crippen LogP contribution is 2.27. The summed E-state index contributed by atoms with van der Waals surface area (Å²) in [5.41, 5.74) is 2.13. The van der Waals surface area contributed by atoms with Crippen molar-refractivity contribution >= 4 is 35.0 Å². The zero-order valence-corrected chi connectivity index (χ0v) is 15.2. The zero-order valence-electron chi connectivity index (χ0n) is 12.8. The van der Waals surface area contributed by atoms with E-state index in [4.69, 9.17) is 32.4 Å². The monoisotopic (exact) mass is 380 g/mol. The van der Waals surface area contributed by atoms with Crippen molar-refractivity contribution in [2.75, 3.05) is 7.11 Å². The lowest BCUT2D eigenvalue weighted by molar-refractivity contribution is 0.413. The van der Waals surface area contributed by atoms with Gasteiger partial charge in [0.25, 0.3) is 5.22 Å². The molecule has 1 aromatic heterocycles. The highest BCUT2D eigenvalue weighted by atomic mass is 35.5. The summed E-state index contributed by atoms with van der Waals surface area (Å²) < 4.78 is 10.8. The van der Waals surface area contributed by atoms with Gasteiger partial charge in [0.1, 0.15) is 5.75 Å². The van der Waals surface area contributed by atoms with Gasteiger partial charge >= 0.3 is 0 Å². The van der Waals surface area contributed by atoms with Crippen LogP contribution in [0.1, 0.15) is 17.0 Å². The molecule has 0 atom stereocenters. The van der Waals surface area contributed by atoms with Crippen LogP contribution in [0.25, 0.3) is 0 Å². The van der Waals surface area contributed by atoms with Crippen LogP contribution in [-0.2, 0) is 12.2 Å². The quantitative estimate of drug-likeness (QED) is 0.545. The van der Waals surface area contributed by atoms with E-state index in [0.717, 1.165) is 16.9 Å². The maximum atomic E-state index is 6.01. The smallest absolute Gasteiger partial charge is 0.276 e. The summed E-state index contributed by atoms with van der Waals surface area (Å²) in [5, 5.41) is 9.77. The van der Waals surface area contributed by atoms with Gasteiger partial charge in [-0.3, -0.25) is 0 Å². The molecule has 0 unspecified atom stereocenters. The lowest BCUT2D eigenvalue weighted by Gasteiger charge is -2.01. The van der Waals surface area contributed by atoms with Crippen LogP contribution in [0.4, 0.5) is 0 Å². The fourth-order valence-electron chi connectivity index (χ4n) is 2.06. The number of hydrogen-bond donors (Lipinski definition) is 0. The predicted molar refractivity (Wildman–Crippen MR) is 96.1 cm³/mol. The number of nitrogens with zero attached hydrogens (tertiary/aromatic N) is 2. The van der Waals surface area contributed by atoms with E-state index in [1.165, 1.54) is 11.8 Å². The van der Waals surface area contributed by atoms with Gasteiger partial charge in [0.2, 0.25) is 5.89 Å². The van der Waals surface area contributed by atoms with Gasteiger partial charge in [-0.15, -0.1) is 10.2 Å². The number of thioether (sulfide) groups is 1. The highest BCUT2D eigenvalue weighted by Gasteiger charge is 2.09. The molecule has 0 saturated carbocycles. The molecule has 24 heavy (non-hydrogen) atoms. The fourth-order valence-corrected chi connectivity index (χ4v) is 3.10. The number of hydrogen-bond acceptors (Lipinski definition) is 5. The normalized spacial score (nSPS) is 10.8. The van der Waals surface area contributed by atoms with Gasteiger partial charge in [0.15, 0.2) is 0 Å². The summed E-state index contributed by atoms with van der Waals surface area (Å²) in [5.74, 6) is 2.08. The third-order valence-electron chi connectivity index (χ3n) is 3.31. The molecule has 3 rings (SSSR count). The minimum Gasteiger partial charge on any atom is -0.497 e. The molecule has 0 aliphatic heterocycles. The molecule has 0 saturated heterocycles. The molecule has 4 nitrogen and oxygen atoms in total. The van der Waals surface area contributed by atoms with E-state index in [1.54, 1.807) is 13.2 Å². The van der Waals surface area contributed by atoms with Crippen LogP contribution < -0.4 is 4.74 Å². The number of aromatic nitrogens is 2. The van der Waals surface area contributed by atoms with E-state index in [2.05, 4.69) is 10.2 Å². The Morgan fingerprint density at radius 2 is 1.75 bits per heavy atom. The molecule has 7 heteroatoms. The Bertz CT molecular complexity index is 822. The molecule has 3 aromatic rings. The Balaban J connectivity index is 1.59. The first kappa shape index (κ1) is 17.1. The summed E-state index contributed by atoms with van der Waals surface area (Å²) in [6.07, 6.45) is 0.588. The van der Waals surface area contributed by atoms with Crippen LogP contribution in [0.2, 0.25) is 10.0 Å². The summed E-state index contributed by atoms with van der Waals surface area (Å²) in [7, 11) is 1.64. The van der Waals surface area contributed by atoms with Gasteiger partial charge in [0.05, 0.1) is 23.6 Å². The first-order valence-corrected chi connectivity index (χ1v) is 8.90. The van der Waals surface area contributed by atoms with E-state index >= 15 is 0 Å². The molecule has 0 amide bonds. The molecule has 124 valence electrons. The third kappa shape index (κ3) is 4.44. The molecule has 2 aromatic carbocycles. The minimum atomic E-state index is 0.532. The average molecular weight is 381 g/mol. The Morgan fingerprint density at radius 1 is 1.00 bits per heavy atom. The van der Waals surface area contributed by atoms with E-state index in [-0.39, 0.29) is 0 Å². The number of rotatable bonds is 6. The number of halogens is 2. The molecule has 0 N–H and O–H groups in total. The lowest BCUT2D eigenvalue weighted by atomic mass is 10.1. The van der Waals surface area contributed by atoms with E-state index in [0.29, 0.717) is 33.3 Å². The Hall–Kier alpha value is -1.69. The second-order valence-corrected chi connectivity index (χ2v) is 6.76. The van der Waals surface area contributed by atoms with E-state index in [1.807, 2.05) is 36.4 Å². The number of benzene rings is 2. The summed E-state index contributed by atoms with van der Waals surface area (Å²) in [6.45, 7) is 0. The topological polar surface area (TPSA) is 48.2 Å². The van der Waals surface area contributed by atoms with Crippen molar-refractivity contribution in [2.24, 2.45) is 0 Å². The van der Waals surface area contributed by atoms with Gasteiger partial charge in [-0.1, -0.05) is 53.2 Å². The minimum absolute atomic E-state index is 0.532. The van der Waals surface area contributed by atoms with Gasteiger partial charge < -0.3 is 9.15 Å². The molecule has 0 fully saturated rings. The fraction of sp³-hybridized carbons (Fsp3) is 0.176. The lowest BCUT2D eigenvalue weighted by Crippen LogP contribution is -1.89. The zero-order chi connectivity index (χ0) is 16.9. The number of methoxy groups -OCH3 is 1. The summed E-state index contributed by atoms with van der Waals surface area (Å²) >= 11 is 13.4. The SMILES string of the molecule is COc1ccc(Cc2nnc(SCc3ccc(Cl)c(Cl)c3)o2)cc1. The molecule has 0 radical (unpaired) electrons. The van der Waals surface area contributed by atoms with E-state index < -0.39 is 0 Å². The largest absolute Gasteiger partial charge is 0.497 e. The van der Waals surface area contributed by atoms with Gasteiger partial charge in [0, 0.05) is 5.75 Å². The summed E-state index contributed by atoms with van der Waals surface area (Å²) in [4.78, 5) is 0. The van der Waals surface area contributed by atoms with Crippen molar-refractivity contribution in [3.63, 3.8) is 0 Å². The van der Waals surface area contributed by atoms with Crippen LogP contribution in [-0.4, -0.2) is 17.3 Å². The van der Waals surface area contributed by atoms with Crippen molar-refractivity contribution < 1.29 is 9.15 Å². The molecule has 0 aliphatic carbocycles. The Kier molecular flexibility index (Phi) is 5.66. The molecular weight excluding hydrogens is 367 g/mol.